The monoisotopic (exact) mass is 374 g/mol. The molecule has 7 nitrogen and oxygen atoms in total. The Labute approximate surface area is 163 Å². The average molecular weight is 374 g/mol. The molecule has 3 aromatic rings. The van der Waals surface area contributed by atoms with Gasteiger partial charge in [-0.25, -0.2) is 15.0 Å². The lowest BCUT2D eigenvalue weighted by molar-refractivity contribution is 0.533. The van der Waals surface area contributed by atoms with E-state index in [1.54, 1.807) is 29.9 Å². The molecule has 0 radical (unpaired) electrons. The van der Waals surface area contributed by atoms with Gasteiger partial charge in [0.2, 0.25) is 5.95 Å². The molecule has 0 amide bonds. The topological polar surface area (TPSA) is 67.2 Å². The van der Waals surface area contributed by atoms with Gasteiger partial charge >= 0.3 is 0 Å². The van der Waals surface area contributed by atoms with Crippen molar-refractivity contribution in [3.8, 4) is 11.4 Å². The molecule has 2 fully saturated rings. The molecule has 0 unspecified atom stereocenters. The molecule has 2 aliphatic heterocycles. The first-order valence-electron chi connectivity index (χ1n) is 9.58. The molecule has 5 rings (SSSR count). The van der Waals surface area contributed by atoms with Crippen LogP contribution in [-0.2, 0) is 7.05 Å². The first-order valence-corrected chi connectivity index (χ1v) is 9.58. The van der Waals surface area contributed by atoms with E-state index >= 15 is 0 Å². The van der Waals surface area contributed by atoms with Gasteiger partial charge in [-0.05, 0) is 18.2 Å². The number of hydrogen-bond acceptors (Lipinski definition) is 6. The van der Waals surface area contributed by atoms with Gasteiger partial charge in [0, 0.05) is 63.0 Å². The highest BCUT2D eigenvalue weighted by atomic mass is 16.1. The fourth-order valence-corrected chi connectivity index (χ4v) is 4.39. The van der Waals surface area contributed by atoms with Crippen LogP contribution in [0.5, 0.6) is 0 Å². The molecule has 0 N–H and O–H groups in total. The Morgan fingerprint density at radius 2 is 1.64 bits per heavy atom. The summed E-state index contributed by atoms with van der Waals surface area (Å²) in [5.74, 6) is 1.89. The summed E-state index contributed by atoms with van der Waals surface area (Å²) in [5.41, 5.74) is 2.49. The number of anilines is 2. The van der Waals surface area contributed by atoms with Gasteiger partial charge in [0.1, 0.15) is 6.33 Å². The van der Waals surface area contributed by atoms with Crippen LogP contribution in [0.25, 0.3) is 11.4 Å². The first-order chi connectivity index (χ1) is 13.7. The van der Waals surface area contributed by atoms with Crippen LogP contribution in [0.4, 0.5) is 11.6 Å². The molecule has 2 aromatic heterocycles. The van der Waals surface area contributed by atoms with Crippen LogP contribution in [0.15, 0.2) is 59.8 Å². The van der Waals surface area contributed by atoms with E-state index in [0.717, 1.165) is 32.1 Å². The summed E-state index contributed by atoms with van der Waals surface area (Å²) < 4.78 is 1.64. The second-order valence-electron chi connectivity index (χ2n) is 7.60. The quantitative estimate of drug-likeness (QED) is 0.697. The third kappa shape index (κ3) is 2.93. The summed E-state index contributed by atoms with van der Waals surface area (Å²) in [6.07, 6.45) is 3.14. The van der Waals surface area contributed by atoms with Crippen molar-refractivity contribution in [2.45, 2.75) is 0 Å². The Morgan fingerprint density at radius 1 is 0.929 bits per heavy atom. The zero-order valence-corrected chi connectivity index (χ0v) is 15.8. The van der Waals surface area contributed by atoms with Crippen molar-refractivity contribution in [1.29, 1.82) is 0 Å². The summed E-state index contributed by atoms with van der Waals surface area (Å²) >= 11 is 0. The molecule has 4 heterocycles. The van der Waals surface area contributed by atoms with Gasteiger partial charge in [-0.1, -0.05) is 18.2 Å². The van der Waals surface area contributed by atoms with Crippen LogP contribution < -0.4 is 15.4 Å². The lowest BCUT2D eigenvalue weighted by Crippen LogP contribution is -2.33. The van der Waals surface area contributed by atoms with E-state index in [2.05, 4.69) is 50.1 Å². The van der Waals surface area contributed by atoms with Crippen LogP contribution in [0.1, 0.15) is 0 Å². The number of para-hydroxylation sites is 1. The number of hydrogen-bond donors (Lipinski definition) is 0. The predicted molar refractivity (Wildman–Crippen MR) is 108 cm³/mol. The van der Waals surface area contributed by atoms with E-state index in [9.17, 15) is 4.79 Å². The Bertz CT molecular complexity index is 1020. The van der Waals surface area contributed by atoms with Crippen molar-refractivity contribution >= 4 is 11.6 Å². The lowest BCUT2D eigenvalue weighted by atomic mass is 10.0. The molecule has 0 saturated carbocycles. The van der Waals surface area contributed by atoms with E-state index in [-0.39, 0.29) is 5.56 Å². The minimum Gasteiger partial charge on any atom is -0.371 e. The zero-order valence-electron chi connectivity index (χ0n) is 15.8. The molecule has 2 aliphatic rings. The molecule has 7 heteroatoms. The van der Waals surface area contributed by atoms with Gasteiger partial charge < -0.3 is 9.80 Å². The van der Waals surface area contributed by atoms with E-state index < -0.39 is 0 Å². The third-order valence-electron chi connectivity index (χ3n) is 5.85. The summed E-state index contributed by atoms with van der Waals surface area (Å²) in [5, 5.41) is 0. The molecule has 2 saturated heterocycles. The molecule has 0 spiro atoms. The second kappa shape index (κ2) is 6.74. The van der Waals surface area contributed by atoms with Crippen molar-refractivity contribution in [1.82, 2.24) is 19.5 Å². The molecule has 142 valence electrons. The lowest BCUT2D eigenvalue weighted by Gasteiger charge is -2.25. The minimum atomic E-state index is -0.0680. The Balaban J connectivity index is 1.39. The maximum absolute atomic E-state index is 12.5. The van der Waals surface area contributed by atoms with Gasteiger partial charge in [0.25, 0.3) is 5.56 Å². The summed E-state index contributed by atoms with van der Waals surface area (Å²) in [4.78, 5) is 30.2. The van der Waals surface area contributed by atoms with Gasteiger partial charge in [-0.2, -0.15) is 0 Å². The number of benzene rings is 1. The van der Waals surface area contributed by atoms with E-state index in [1.165, 1.54) is 12.0 Å². The van der Waals surface area contributed by atoms with Crippen molar-refractivity contribution in [2.75, 3.05) is 36.0 Å². The van der Waals surface area contributed by atoms with Gasteiger partial charge in [-0.3, -0.25) is 9.36 Å². The Morgan fingerprint density at radius 3 is 2.32 bits per heavy atom. The largest absolute Gasteiger partial charge is 0.371 e. The van der Waals surface area contributed by atoms with Crippen molar-refractivity contribution in [3.05, 3.63) is 65.3 Å². The summed E-state index contributed by atoms with van der Waals surface area (Å²) in [6.45, 7) is 3.93. The first kappa shape index (κ1) is 16.9. The van der Waals surface area contributed by atoms with Crippen LogP contribution in [0, 0.1) is 11.8 Å². The van der Waals surface area contributed by atoms with E-state index in [0.29, 0.717) is 23.2 Å². The molecule has 28 heavy (non-hydrogen) atoms. The second-order valence-corrected chi connectivity index (χ2v) is 7.60. The molecule has 2 atom stereocenters. The highest BCUT2D eigenvalue weighted by molar-refractivity contribution is 5.55. The van der Waals surface area contributed by atoms with Crippen LogP contribution in [-0.4, -0.2) is 45.7 Å². The average Bonchev–Trinajstić information content (AvgIpc) is 3.30. The van der Waals surface area contributed by atoms with Crippen LogP contribution >= 0.6 is 0 Å². The molecule has 0 aliphatic carbocycles. The maximum Gasteiger partial charge on any atom is 0.255 e. The number of nitrogens with zero attached hydrogens (tertiary/aromatic N) is 6. The molecule has 0 bridgehead atoms. The third-order valence-corrected chi connectivity index (χ3v) is 5.85. The van der Waals surface area contributed by atoms with Gasteiger partial charge in [0.05, 0.1) is 11.4 Å². The number of fused-ring (bicyclic) bond motifs is 1. The Hall–Kier alpha value is -3.22. The number of aromatic nitrogens is 4. The maximum atomic E-state index is 12.5. The van der Waals surface area contributed by atoms with E-state index in [1.807, 2.05) is 0 Å². The van der Waals surface area contributed by atoms with Crippen molar-refractivity contribution in [3.63, 3.8) is 0 Å². The smallest absolute Gasteiger partial charge is 0.255 e. The SMILES string of the molecule is Cn1c(N2C[C@H]3CN(c4ccccc4)C[C@H]3C2)nc(-c2ccncn2)cc1=O. The minimum absolute atomic E-state index is 0.0680. The van der Waals surface area contributed by atoms with Crippen LogP contribution in [0.3, 0.4) is 0 Å². The highest BCUT2D eigenvalue weighted by Crippen LogP contribution is 2.35. The normalized spacial score (nSPS) is 21.2. The summed E-state index contributed by atoms with van der Waals surface area (Å²) in [7, 11) is 1.79. The fraction of sp³-hybridized carbons (Fsp3) is 0.333. The van der Waals surface area contributed by atoms with Gasteiger partial charge in [-0.15, -0.1) is 0 Å². The number of rotatable bonds is 3. The van der Waals surface area contributed by atoms with E-state index in [4.69, 9.17) is 4.98 Å². The molecule has 1 aromatic carbocycles. The van der Waals surface area contributed by atoms with Crippen molar-refractivity contribution < 1.29 is 0 Å². The fourth-order valence-electron chi connectivity index (χ4n) is 4.39. The summed E-state index contributed by atoms with van der Waals surface area (Å²) in [6, 6.07) is 13.9. The Kier molecular flexibility index (Phi) is 4.07. The van der Waals surface area contributed by atoms with Crippen molar-refractivity contribution in [2.24, 2.45) is 18.9 Å². The van der Waals surface area contributed by atoms with Gasteiger partial charge in [0.15, 0.2) is 0 Å². The highest BCUT2D eigenvalue weighted by Gasteiger charge is 2.41. The molecular weight excluding hydrogens is 352 g/mol. The standard InChI is InChI=1S/C21H22N6O/c1-25-20(28)9-19(18-7-8-22-14-23-18)24-21(25)27-12-15-10-26(11-16(15)13-27)17-5-3-2-4-6-17/h2-9,14-16H,10-13H2,1H3/t15-,16+. The molecular formula is C21H22N6O. The zero-order chi connectivity index (χ0) is 19.1. The predicted octanol–water partition coefficient (Wildman–Crippen LogP) is 1.81. The van der Waals surface area contributed by atoms with Crippen LogP contribution in [0.2, 0.25) is 0 Å².